The van der Waals surface area contributed by atoms with Crippen LogP contribution in [0.5, 0.6) is 17.2 Å². The molecule has 1 aromatic carbocycles. The topological polar surface area (TPSA) is 82.1 Å². The average molecular weight is 268 g/mol. The third-order valence-electron chi connectivity index (χ3n) is 2.15. The molecule has 104 valence electrons. The summed E-state index contributed by atoms with van der Waals surface area (Å²) in [5.74, 6) is -0.127. The highest BCUT2D eigenvalue weighted by Gasteiger charge is 2.13. The second-order valence-electron chi connectivity index (χ2n) is 3.50. The molecule has 0 unspecified atom stereocenters. The quantitative estimate of drug-likeness (QED) is 0.723. The van der Waals surface area contributed by atoms with Gasteiger partial charge in [0.1, 0.15) is 5.75 Å². The van der Waals surface area contributed by atoms with Crippen LogP contribution in [-0.2, 0) is 4.79 Å². The van der Waals surface area contributed by atoms with Gasteiger partial charge in [0.25, 0.3) is 0 Å². The van der Waals surface area contributed by atoms with E-state index >= 15 is 0 Å². The van der Waals surface area contributed by atoms with Crippen LogP contribution in [-0.4, -0.2) is 37.2 Å². The Labute approximate surface area is 110 Å². The molecule has 0 spiro atoms. The van der Waals surface area contributed by atoms with Gasteiger partial charge in [0.2, 0.25) is 0 Å². The van der Waals surface area contributed by atoms with Crippen LogP contribution in [0.3, 0.4) is 0 Å². The van der Waals surface area contributed by atoms with Gasteiger partial charge in [0.05, 0.1) is 18.8 Å². The number of benzene rings is 1. The molecule has 1 N–H and O–H groups in total. The minimum atomic E-state index is -1.12. The lowest BCUT2D eigenvalue weighted by Crippen LogP contribution is -2.11. The molecule has 0 aliphatic rings. The zero-order valence-electron chi connectivity index (χ0n) is 10.8. The van der Waals surface area contributed by atoms with Crippen LogP contribution in [0.1, 0.15) is 24.2 Å². The maximum atomic E-state index is 11.0. The molecule has 0 amide bonds. The second kappa shape index (κ2) is 7.25. The van der Waals surface area contributed by atoms with Gasteiger partial charge in [-0.2, -0.15) is 0 Å². The number of carbonyl (C=O) groups excluding carboxylic acids is 1. The molecule has 0 radical (unpaired) electrons. The summed E-state index contributed by atoms with van der Waals surface area (Å²) in [5.41, 5.74) is 0.216. The highest BCUT2D eigenvalue weighted by molar-refractivity contribution is 5.81. The largest absolute Gasteiger partial charge is 0.490 e. The Morgan fingerprint density at radius 1 is 1.11 bits per heavy atom. The van der Waals surface area contributed by atoms with Crippen molar-refractivity contribution in [2.75, 3.05) is 19.8 Å². The number of rotatable bonds is 8. The highest BCUT2D eigenvalue weighted by atomic mass is 16.5. The predicted octanol–water partition coefficient (Wildman–Crippen LogP) is 1.76. The van der Waals surface area contributed by atoms with E-state index in [-0.39, 0.29) is 11.3 Å². The van der Waals surface area contributed by atoms with Gasteiger partial charge >= 0.3 is 5.97 Å². The third kappa shape index (κ3) is 4.17. The van der Waals surface area contributed by atoms with Gasteiger partial charge < -0.3 is 19.3 Å². The molecule has 0 aliphatic heterocycles. The Hall–Kier alpha value is -2.24. The maximum Gasteiger partial charge on any atom is 0.341 e. The van der Waals surface area contributed by atoms with Crippen molar-refractivity contribution < 1.29 is 28.9 Å². The SMILES string of the molecule is CCOc1cc(C=O)c(OCC(=O)O)cc1OCC. The van der Waals surface area contributed by atoms with Gasteiger partial charge in [-0.15, -0.1) is 0 Å². The van der Waals surface area contributed by atoms with E-state index < -0.39 is 12.6 Å². The molecule has 0 fully saturated rings. The second-order valence-corrected chi connectivity index (χ2v) is 3.50. The Kier molecular flexibility index (Phi) is 5.66. The molecule has 0 aromatic heterocycles. The summed E-state index contributed by atoms with van der Waals surface area (Å²) in [6.07, 6.45) is 0.579. The van der Waals surface area contributed by atoms with Crippen LogP contribution < -0.4 is 14.2 Å². The van der Waals surface area contributed by atoms with Crippen LogP contribution in [0, 0.1) is 0 Å². The average Bonchev–Trinajstić information content (AvgIpc) is 2.38. The molecule has 1 rings (SSSR count). The third-order valence-corrected chi connectivity index (χ3v) is 2.15. The summed E-state index contributed by atoms with van der Waals surface area (Å²) >= 11 is 0. The molecule has 6 nitrogen and oxygen atoms in total. The monoisotopic (exact) mass is 268 g/mol. The van der Waals surface area contributed by atoms with E-state index in [1.807, 2.05) is 6.92 Å². The van der Waals surface area contributed by atoms with Crippen LogP contribution in [0.2, 0.25) is 0 Å². The van der Waals surface area contributed by atoms with Gasteiger partial charge in [-0.3, -0.25) is 4.79 Å². The van der Waals surface area contributed by atoms with E-state index in [0.717, 1.165) is 0 Å². The van der Waals surface area contributed by atoms with Crippen molar-refractivity contribution in [3.8, 4) is 17.2 Å². The molecule has 0 atom stereocenters. The highest BCUT2D eigenvalue weighted by Crippen LogP contribution is 2.34. The molecule has 0 heterocycles. The van der Waals surface area contributed by atoms with Crippen molar-refractivity contribution in [3.63, 3.8) is 0 Å². The first-order valence-electron chi connectivity index (χ1n) is 5.85. The first-order chi connectivity index (χ1) is 9.12. The fraction of sp³-hybridized carbons (Fsp3) is 0.385. The van der Waals surface area contributed by atoms with Crippen LogP contribution in [0.15, 0.2) is 12.1 Å². The standard InChI is InChI=1S/C13H16O6/c1-3-17-11-5-9(7-14)10(19-8-13(15)16)6-12(11)18-4-2/h5-7H,3-4,8H2,1-2H3,(H,15,16). The van der Waals surface area contributed by atoms with E-state index in [4.69, 9.17) is 19.3 Å². The lowest BCUT2D eigenvalue weighted by atomic mass is 10.2. The molecular weight excluding hydrogens is 252 g/mol. The Morgan fingerprint density at radius 2 is 1.68 bits per heavy atom. The lowest BCUT2D eigenvalue weighted by Gasteiger charge is -2.14. The summed E-state index contributed by atoms with van der Waals surface area (Å²) < 4.78 is 15.8. The van der Waals surface area contributed by atoms with Gasteiger partial charge in [-0.25, -0.2) is 4.79 Å². The molecule has 0 saturated carbocycles. The fourth-order valence-electron chi connectivity index (χ4n) is 1.45. The summed E-state index contributed by atoms with van der Waals surface area (Å²) in [7, 11) is 0. The number of ether oxygens (including phenoxy) is 3. The van der Waals surface area contributed by atoms with E-state index in [1.54, 1.807) is 6.92 Å². The minimum absolute atomic E-state index is 0.157. The predicted molar refractivity (Wildman–Crippen MR) is 67.3 cm³/mol. The number of carbonyl (C=O) groups is 2. The van der Waals surface area contributed by atoms with Crippen LogP contribution >= 0.6 is 0 Å². The van der Waals surface area contributed by atoms with Gasteiger partial charge in [0, 0.05) is 6.07 Å². The molecule has 1 aromatic rings. The van der Waals surface area contributed by atoms with Crippen LogP contribution in [0.4, 0.5) is 0 Å². The van der Waals surface area contributed by atoms with Crippen molar-refractivity contribution in [1.29, 1.82) is 0 Å². The Bertz CT molecular complexity index is 455. The molecule has 0 bridgehead atoms. The van der Waals surface area contributed by atoms with E-state index in [0.29, 0.717) is 31.0 Å². The Balaban J connectivity index is 3.10. The van der Waals surface area contributed by atoms with Crippen molar-refractivity contribution >= 4 is 12.3 Å². The maximum absolute atomic E-state index is 11.0. The molecule has 0 aliphatic carbocycles. The molecule has 19 heavy (non-hydrogen) atoms. The van der Waals surface area contributed by atoms with Crippen molar-refractivity contribution in [3.05, 3.63) is 17.7 Å². The van der Waals surface area contributed by atoms with E-state index in [1.165, 1.54) is 12.1 Å². The first-order valence-corrected chi connectivity index (χ1v) is 5.85. The summed E-state index contributed by atoms with van der Waals surface area (Å²) in [6.45, 7) is 3.93. The minimum Gasteiger partial charge on any atom is -0.490 e. The fourth-order valence-corrected chi connectivity index (χ4v) is 1.45. The lowest BCUT2D eigenvalue weighted by molar-refractivity contribution is -0.139. The number of hydrogen-bond acceptors (Lipinski definition) is 5. The van der Waals surface area contributed by atoms with Crippen molar-refractivity contribution in [2.45, 2.75) is 13.8 Å². The van der Waals surface area contributed by atoms with Gasteiger partial charge in [-0.1, -0.05) is 0 Å². The molecule has 6 heteroatoms. The summed E-state index contributed by atoms with van der Waals surface area (Å²) in [4.78, 5) is 21.5. The normalized spacial score (nSPS) is 9.79. The number of aliphatic carboxylic acids is 1. The zero-order chi connectivity index (χ0) is 14.3. The van der Waals surface area contributed by atoms with E-state index in [2.05, 4.69) is 0 Å². The first kappa shape index (κ1) is 14.8. The molecular formula is C13H16O6. The smallest absolute Gasteiger partial charge is 0.341 e. The van der Waals surface area contributed by atoms with E-state index in [9.17, 15) is 9.59 Å². The summed E-state index contributed by atoms with van der Waals surface area (Å²) in [5, 5.41) is 8.58. The number of aldehydes is 1. The zero-order valence-corrected chi connectivity index (χ0v) is 10.8. The Morgan fingerprint density at radius 3 is 2.16 bits per heavy atom. The molecule has 0 saturated heterocycles. The van der Waals surface area contributed by atoms with Gasteiger partial charge in [-0.05, 0) is 19.9 Å². The summed E-state index contributed by atoms with van der Waals surface area (Å²) in [6, 6.07) is 2.93. The van der Waals surface area contributed by atoms with Crippen LogP contribution in [0.25, 0.3) is 0 Å². The number of carboxylic acids is 1. The number of carboxylic acid groups (broad SMARTS) is 1. The van der Waals surface area contributed by atoms with Gasteiger partial charge in [0.15, 0.2) is 24.4 Å². The van der Waals surface area contributed by atoms with Crippen molar-refractivity contribution in [2.24, 2.45) is 0 Å². The number of hydrogen-bond donors (Lipinski definition) is 1. The van der Waals surface area contributed by atoms with Crippen molar-refractivity contribution in [1.82, 2.24) is 0 Å².